The van der Waals surface area contributed by atoms with Gasteiger partial charge in [-0.15, -0.1) is 0 Å². The smallest absolute Gasteiger partial charge is 0.412 e. The van der Waals surface area contributed by atoms with Crippen LogP contribution < -0.4 is 10.1 Å². The standard InChI is InChI=1S/C18H20BrNO3/c1-18(2,3)23-17(21)20-15-7-9-16(10-8-15)22-12-13-5-4-6-14(19)11-13/h4-11H,12H2,1-3H3,(H,20,21). The van der Waals surface area contributed by atoms with Crippen LogP contribution in [0.1, 0.15) is 26.3 Å². The van der Waals surface area contributed by atoms with Crippen LogP contribution in [-0.4, -0.2) is 11.7 Å². The highest BCUT2D eigenvalue weighted by molar-refractivity contribution is 9.10. The molecule has 0 saturated heterocycles. The predicted octanol–water partition coefficient (Wildman–Crippen LogP) is 5.38. The Morgan fingerprint density at radius 2 is 1.83 bits per heavy atom. The first kappa shape index (κ1) is 17.3. The molecule has 2 aromatic rings. The summed E-state index contributed by atoms with van der Waals surface area (Å²) in [5.74, 6) is 0.736. The van der Waals surface area contributed by atoms with E-state index < -0.39 is 11.7 Å². The van der Waals surface area contributed by atoms with Crippen molar-refractivity contribution in [2.24, 2.45) is 0 Å². The van der Waals surface area contributed by atoms with E-state index in [4.69, 9.17) is 9.47 Å². The number of rotatable bonds is 4. The Bertz CT molecular complexity index is 663. The van der Waals surface area contributed by atoms with Gasteiger partial charge >= 0.3 is 6.09 Å². The van der Waals surface area contributed by atoms with Gasteiger partial charge in [0.25, 0.3) is 0 Å². The molecule has 0 atom stereocenters. The lowest BCUT2D eigenvalue weighted by Gasteiger charge is -2.19. The van der Waals surface area contributed by atoms with Crippen LogP contribution in [0.2, 0.25) is 0 Å². The molecule has 0 unspecified atom stereocenters. The van der Waals surface area contributed by atoms with Crippen molar-refractivity contribution in [1.29, 1.82) is 0 Å². The molecule has 2 rings (SSSR count). The number of hydrogen-bond donors (Lipinski definition) is 1. The number of halogens is 1. The molecule has 0 fully saturated rings. The van der Waals surface area contributed by atoms with E-state index in [1.165, 1.54) is 0 Å². The zero-order valence-electron chi connectivity index (χ0n) is 13.4. The van der Waals surface area contributed by atoms with E-state index in [9.17, 15) is 4.79 Å². The molecule has 23 heavy (non-hydrogen) atoms. The van der Waals surface area contributed by atoms with Crippen LogP contribution in [0.25, 0.3) is 0 Å². The van der Waals surface area contributed by atoms with Crippen LogP contribution in [-0.2, 0) is 11.3 Å². The second-order valence-electron chi connectivity index (χ2n) is 6.07. The third kappa shape index (κ3) is 6.32. The summed E-state index contributed by atoms with van der Waals surface area (Å²) in [5, 5.41) is 2.68. The zero-order chi connectivity index (χ0) is 16.9. The van der Waals surface area contributed by atoms with Crippen LogP contribution in [0, 0.1) is 0 Å². The van der Waals surface area contributed by atoms with Crippen LogP contribution in [0.3, 0.4) is 0 Å². The molecule has 1 amide bonds. The fraction of sp³-hybridized carbons (Fsp3) is 0.278. The van der Waals surface area contributed by atoms with Gasteiger partial charge in [0.15, 0.2) is 0 Å². The molecule has 0 radical (unpaired) electrons. The molecule has 0 aromatic heterocycles. The lowest BCUT2D eigenvalue weighted by atomic mass is 10.2. The van der Waals surface area contributed by atoms with E-state index in [1.807, 2.05) is 57.2 Å². The number of carbonyl (C=O) groups is 1. The lowest BCUT2D eigenvalue weighted by Crippen LogP contribution is -2.27. The Hall–Kier alpha value is -2.01. The number of benzene rings is 2. The van der Waals surface area contributed by atoms with Gasteiger partial charge < -0.3 is 9.47 Å². The fourth-order valence-electron chi connectivity index (χ4n) is 1.85. The molecule has 0 aliphatic carbocycles. The third-order valence-electron chi connectivity index (χ3n) is 2.79. The molecule has 0 heterocycles. The second kappa shape index (κ2) is 7.51. The molecule has 0 aliphatic rings. The maximum absolute atomic E-state index is 11.7. The van der Waals surface area contributed by atoms with Crippen LogP contribution in [0.15, 0.2) is 53.0 Å². The highest BCUT2D eigenvalue weighted by Gasteiger charge is 2.16. The summed E-state index contributed by atoms with van der Waals surface area (Å²) in [6, 6.07) is 15.1. The molecular weight excluding hydrogens is 358 g/mol. The summed E-state index contributed by atoms with van der Waals surface area (Å²) >= 11 is 3.43. The Morgan fingerprint density at radius 3 is 2.43 bits per heavy atom. The van der Waals surface area contributed by atoms with Crippen LogP contribution in [0.5, 0.6) is 5.75 Å². The number of anilines is 1. The summed E-state index contributed by atoms with van der Waals surface area (Å²) in [7, 11) is 0. The van der Waals surface area contributed by atoms with Crippen molar-refractivity contribution in [3.8, 4) is 5.75 Å². The first-order chi connectivity index (χ1) is 10.8. The average Bonchev–Trinajstić information content (AvgIpc) is 2.44. The summed E-state index contributed by atoms with van der Waals surface area (Å²) in [6.45, 7) is 5.96. The van der Waals surface area contributed by atoms with Gasteiger partial charge in [0, 0.05) is 10.2 Å². The van der Waals surface area contributed by atoms with Gasteiger partial charge in [0.1, 0.15) is 18.0 Å². The molecular formula is C18H20BrNO3. The Kier molecular flexibility index (Phi) is 5.66. The van der Waals surface area contributed by atoms with Gasteiger partial charge in [-0.1, -0.05) is 28.1 Å². The van der Waals surface area contributed by atoms with Gasteiger partial charge in [-0.2, -0.15) is 0 Å². The Morgan fingerprint density at radius 1 is 1.13 bits per heavy atom. The molecule has 1 N–H and O–H groups in total. The number of carbonyl (C=O) groups excluding carboxylic acids is 1. The molecule has 0 spiro atoms. The molecule has 5 heteroatoms. The number of amides is 1. The molecule has 0 saturated carbocycles. The van der Waals surface area contributed by atoms with Crippen molar-refractivity contribution >= 4 is 27.7 Å². The fourth-order valence-corrected chi connectivity index (χ4v) is 2.30. The summed E-state index contributed by atoms with van der Waals surface area (Å²) < 4.78 is 11.9. The van der Waals surface area contributed by atoms with Crippen molar-refractivity contribution in [2.45, 2.75) is 33.0 Å². The van der Waals surface area contributed by atoms with Crippen molar-refractivity contribution < 1.29 is 14.3 Å². The summed E-state index contributed by atoms with van der Waals surface area (Å²) in [6.07, 6.45) is -0.472. The minimum absolute atomic E-state index is 0.472. The van der Waals surface area contributed by atoms with Gasteiger partial charge in [-0.3, -0.25) is 5.32 Å². The van der Waals surface area contributed by atoms with Crippen molar-refractivity contribution in [2.75, 3.05) is 5.32 Å². The van der Waals surface area contributed by atoms with E-state index in [0.29, 0.717) is 12.3 Å². The maximum Gasteiger partial charge on any atom is 0.412 e. The monoisotopic (exact) mass is 377 g/mol. The first-order valence-electron chi connectivity index (χ1n) is 7.29. The predicted molar refractivity (Wildman–Crippen MR) is 94.8 cm³/mol. The number of nitrogens with one attached hydrogen (secondary N) is 1. The Labute approximate surface area is 144 Å². The zero-order valence-corrected chi connectivity index (χ0v) is 15.0. The SMILES string of the molecule is CC(C)(C)OC(=O)Nc1ccc(OCc2cccc(Br)c2)cc1. The Balaban J connectivity index is 1.88. The topological polar surface area (TPSA) is 47.6 Å². The minimum Gasteiger partial charge on any atom is -0.489 e. The maximum atomic E-state index is 11.7. The van der Waals surface area contributed by atoms with Crippen molar-refractivity contribution in [1.82, 2.24) is 0 Å². The molecule has 4 nitrogen and oxygen atoms in total. The van der Waals surface area contributed by atoms with Gasteiger partial charge in [0.05, 0.1) is 0 Å². The molecule has 2 aromatic carbocycles. The number of hydrogen-bond acceptors (Lipinski definition) is 3. The quantitative estimate of drug-likeness (QED) is 0.778. The first-order valence-corrected chi connectivity index (χ1v) is 8.08. The van der Waals surface area contributed by atoms with E-state index in [1.54, 1.807) is 12.1 Å². The number of ether oxygens (including phenoxy) is 2. The third-order valence-corrected chi connectivity index (χ3v) is 3.29. The van der Waals surface area contributed by atoms with Gasteiger partial charge in [-0.05, 0) is 62.7 Å². The molecule has 0 bridgehead atoms. The van der Waals surface area contributed by atoms with Crippen molar-refractivity contribution in [3.63, 3.8) is 0 Å². The largest absolute Gasteiger partial charge is 0.489 e. The van der Waals surface area contributed by atoms with Crippen LogP contribution >= 0.6 is 15.9 Å². The van der Waals surface area contributed by atoms with Crippen molar-refractivity contribution in [3.05, 3.63) is 58.6 Å². The minimum atomic E-state index is -0.517. The average molecular weight is 378 g/mol. The highest BCUT2D eigenvalue weighted by atomic mass is 79.9. The van der Waals surface area contributed by atoms with E-state index in [-0.39, 0.29) is 0 Å². The van der Waals surface area contributed by atoms with E-state index in [0.717, 1.165) is 15.8 Å². The summed E-state index contributed by atoms with van der Waals surface area (Å²) in [5.41, 5.74) is 1.22. The highest BCUT2D eigenvalue weighted by Crippen LogP contribution is 2.19. The van der Waals surface area contributed by atoms with Gasteiger partial charge in [-0.25, -0.2) is 4.79 Å². The second-order valence-corrected chi connectivity index (χ2v) is 6.99. The normalized spacial score (nSPS) is 11.0. The lowest BCUT2D eigenvalue weighted by molar-refractivity contribution is 0.0636. The summed E-state index contributed by atoms with van der Waals surface area (Å²) in [4.78, 5) is 11.7. The molecule has 122 valence electrons. The molecule has 0 aliphatic heterocycles. The van der Waals surface area contributed by atoms with E-state index >= 15 is 0 Å². The van der Waals surface area contributed by atoms with Crippen LogP contribution in [0.4, 0.5) is 10.5 Å². The van der Waals surface area contributed by atoms with E-state index in [2.05, 4.69) is 21.2 Å². The van der Waals surface area contributed by atoms with Gasteiger partial charge in [0.2, 0.25) is 0 Å².